The van der Waals surface area contributed by atoms with E-state index in [1.807, 2.05) is 19.9 Å². The van der Waals surface area contributed by atoms with Gasteiger partial charge in [-0.1, -0.05) is 61.9 Å². The Hall–Kier alpha value is -2.99. The van der Waals surface area contributed by atoms with Crippen molar-refractivity contribution in [1.82, 2.24) is 0 Å². The Labute approximate surface area is 215 Å². The Morgan fingerprint density at radius 2 is 1.41 bits per heavy atom. The van der Waals surface area contributed by atoms with Crippen molar-refractivity contribution in [2.45, 2.75) is 58.5 Å². The first-order valence-electron chi connectivity index (χ1n) is 12.8. The van der Waals surface area contributed by atoms with Crippen molar-refractivity contribution >= 4 is 0 Å². The van der Waals surface area contributed by atoms with Gasteiger partial charge in [-0.05, 0) is 56.2 Å². The molecule has 1 aliphatic rings. The van der Waals surface area contributed by atoms with Crippen LogP contribution in [0.3, 0.4) is 0 Å². The van der Waals surface area contributed by atoms with Crippen LogP contribution in [0.25, 0.3) is 22.3 Å². The van der Waals surface area contributed by atoms with E-state index in [-0.39, 0.29) is 34.8 Å². The molecule has 0 radical (unpaired) electrons. The van der Waals surface area contributed by atoms with Gasteiger partial charge in [-0.2, -0.15) is 0 Å². The highest BCUT2D eigenvalue weighted by atomic mass is 19.2. The maximum Gasteiger partial charge on any atom is 0.167 e. The number of benzene rings is 3. The number of hydrogen-bond acceptors (Lipinski definition) is 1. The van der Waals surface area contributed by atoms with Gasteiger partial charge in [0.05, 0.1) is 12.7 Å². The van der Waals surface area contributed by atoms with Gasteiger partial charge in [0.25, 0.3) is 0 Å². The molecule has 196 valence electrons. The molecule has 4 rings (SSSR count). The Morgan fingerprint density at radius 1 is 0.784 bits per heavy atom. The second kappa shape index (κ2) is 12.0. The van der Waals surface area contributed by atoms with Crippen molar-refractivity contribution in [2.24, 2.45) is 5.92 Å². The fraction of sp³-hybridized carbons (Fsp3) is 0.355. The first-order chi connectivity index (χ1) is 17.8. The standard InChI is InChI=1S/C31H31F5O/c1-3-5-19-8-13-23(27(32)17-19)24-15-16-26(31(36)30(24)35)25-14-10-21(28(33)29(25)34)9-12-22-11-7-20(6-4-2)18-37-22/h4,6,8,10,13-17,20,22H,3,5,7,9,11-12,18H2,1-2H3/b6-4+. The van der Waals surface area contributed by atoms with Crippen LogP contribution >= 0.6 is 0 Å². The molecule has 0 bridgehead atoms. The van der Waals surface area contributed by atoms with E-state index in [0.717, 1.165) is 30.9 Å². The van der Waals surface area contributed by atoms with Gasteiger partial charge in [-0.15, -0.1) is 0 Å². The molecule has 1 aliphatic heterocycles. The molecule has 0 aliphatic carbocycles. The lowest BCUT2D eigenvalue weighted by Crippen LogP contribution is -2.25. The SMILES string of the molecule is C/C=C/C1CCC(CCc2ccc(-c3ccc(-c4ccc(CCC)cc4F)c(F)c3F)c(F)c2F)OC1. The van der Waals surface area contributed by atoms with E-state index in [4.69, 9.17) is 4.74 Å². The van der Waals surface area contributed by atoms with E-state index in [9.17, 15) is 8.78 Å². The quantitative estimate of drug-likeness (QED) is 0.215. The van der Waals surface area contributed by atoms with E-state index in [1.165, 1.54) is 30.3 Å². The lowest BCUT2D eigenvalue weighted by molar-refractivity contribution is -0.00800. The number of hydrogen-bond donors (Lipinski definition) is 0. The monoisotopic (exact) mass is 514 g/mol. The fourth-order valence-corrected chi connectivity index (χ4v) is 4.97. The van der Waals surface area contributed by atoms with Gasteiger partial charge in [0.1, 0.15) is 5.82 Å². The van der Waals surface area contributed by atoms with Gasteiger partial charge in [-0.3, -0.25) is 0 Å². The minimum atomic E-state index is -1.35. The highest BCUT2D eigenvalue weighted by molar-refractivity contribution is 5.72. The topological polar surface area (TPSA) is 9.23 Å². The van der Waals surface area contributed by atoms with Crippen LogP contribution in [-0.2, 0) is 17.6 Å². The van der Waals surface area contributed by atoms with Gasteiger partial charge in [0.15, 0.2) is 23.3 Å². The van der Waals surface area contributed by atoms with Gasteiger partial charge >= 0.3 is 0 Å². The maximum absolute atomic E-state index is 15.0. The summed E-state index contributed by atoms with van der Waals surface area (Å²) in [7, 11) is 0. The summed E-state index contributed by atoms with van der Waals surface area (Å²) >= 11 is 0. The molecule has 2 atom stereocenters. The average molecular weight is 515 g/mol. The number of aryl methyl sites for hydroxylation is 2. The highest BCUT2D eigenvalue weighted by Crippen LogP contribution is 2.35. The number of halogens is 5. The largest absolute Gasteiger partial charge is 0.378 e. The maximum atomic E-state index is 15.0. The van der Waals surface area contributed by atoms with Crippen LogP contribution in [0.4, 0.5) is 22.0 Å². The highest BCUT2D eigenvalue weighted by Gasteiger charge is 2.24. The van der Waals surface area contributed by atoms with Crippen LogP contribution in [-0.4, -0.2) is 12.7 Å². The molecular weight excluding hydrogens is 483 g/mol. The fourth-order valence-electron chi connectivity index (χ4n) is 4.97. The minimum Gasteiger partial charge on any atom is -0.378 e. The lowest BCUT2D eigenvalue weighted by Gasteiger charge is -2.27. The van der Waals surface area contributed by atoms with Gasteiger partial charge in [0.2, 0.25) is 0 Å². The zero-order valence-corrected chi connectivity index (χ0v) is 21.1. The van der Waals surface area contributed by atoms with Gasteiger partial charge in [0, 0.05) is 28.2 Å². The summed E-state index contributed by atoms with van der Waals surface area (Å²) in [4.78, 5) is 0. The van der Waals surface area contributed by atoms with E-state index >= 15 is 13.2 Å². The Morgan fingerprint density at radius 3 is 2.00 bits per heavy atom. The predicted octanol–water partition coefficient (Wildman–Crippen LogP) is 8.97. The van der Waals surface area contributed by atoms with Crippen molar-refractivity contribution in [3.63, 3.8) is 0 Å². The van der Waals surface area contributed by atoms with E-state index in [1.54, 1.807) is 6.07 Å². The molecule has 1 saturated heterocycles. The van der Waals surface area contributed by atoms with Crippen LogP contribution < -0.4 is 0 Å². The predicted molar refractivity (Wildman–Crippen MR) is 137 cm³/mol. The average Bonchev–Trinajstić information content (AvgIpc) is 2.89. The molecule has 0 spiro atoms. The summed E-state index contributed by atoms with van der Waals surface area (Å²) < 4.78 is 80.4. The summed E-state index contributed by atoms with van der Waals surface area (Å²) in [5.74, 6) is -5.27. The van der Waals surface area contributed by atoms with E-state index < -0.39 is 34.6 Å². The third-order valence-corrected chi connectivity index (χ3v) is 7.00. The molecular formula is C31H31F5O. The Kier molecular flexibility index (Phi) is 8.80. The van der Waals surface area contributed by atoms with E-state index in [2.05, 4.69) is 6.08 Å². The molecule has 0 saturated carbocycles. The molecule has 1 heterocycles. The second-order valence-electron chi connectivity index (χ2n) is 9.61. The smallest absolute Gasteiger partial charge is 0.167 e. The molecule has 0 N–H and O–H groups in total. The molecule has 1 nitrogen and oxygen atoms in total. The summed E-state index contributed by atoms with van der Waals surface area (Å²) in [5.41, 5.74) is -0.252. The Balaban J connectivity index is 1.53. The summed E-state index contributed by atoms with van der Waals surface area (Å²) in [6.45, 7) is 4.53. The first-order valence-corrected chi connectivity index (χ1v) is 12.8. The molecule has 1 fully saturated rings. The molecule has 37 heavy (non-hydrogen) atoms. The normalized spacial score (nSPS) is 18.0. The summed E-state index contributed by atoms with van der Waals surface area (Å²) in [6.07, 6.45) is 8.20. The second-order valence-corrected chi connectivity index (χ2v) is 9.61. The zero-order valence-electron chi connectivity index (χ0n) is 21.1. The van der Waals surface area contributed by atoms with E-state index in [0.29, 0.717) is 25.4 Å². The summed E-state index contributed by atoms with van der Waals surface area (Å²) in [6, 6.07) is 9.38. The molecule has 2 unspecified atom stereocenters. The third-order valence-electron chi connectivity index (χ3n) is 7.00. The Bertz CT molecular complexity index is 1280. The van der Waals surface area contributed by atoms with Crippen LogP contribution in [0.2, 0.25) is 0 Å². The third kappa shape index (κ3) is 5.96. The summed E-state index contributed by atoms with van der Waals surface area (Å²) in [5, 5.41) is 0. The molecule has 6 heteroatoms. The van der Waals surface area contributed by atoms with Crippen LogP contribution in [0.15, 0.2) is 54.6 Å². The van der Waals surface area contributed by atoms with Crippen molar-refractivity contribution in [1.29, 1.82) is 0 Å². The molecule has 0 amide bonds. The first kappa shape index (κ1) is 27.1. The molecule has 3 aromatic carbocycles. The lowest BCUT2D eigenvalue weighted by atomic mass is 9.93. The number of rotatable bonds is 8. The zero-order chi connectivity index (χ0) is 26.5. The van der Waals surface area contributed by atoms with Crippen molar-refractivity contribution in [3.05, 3.63) is 94.8 Å². The van der Waals surface area contributed by atoms with Crippen LogP contribution in [0.5, 0.6) is 0 Å². The van der Waals surface area contributed by atoms with Crippen LogP contribution in [0, 0.1) is 35.0 Å². The van der Waals surface area contributed by atoms with Crippen molar-refractivity contribution in [3.8, 4) is 22.3 Å². The van der Waals surface area contributed by atoms with Gasteiger partial charge in [-0.25, -0.2) is 22.0 Å². The van der Waals surface area contributed by atoms with Crippen LogP contribution in [0.1, 0.15) is 50.7 Å². The number of ether oxygens (including phenoxy) is 1. The van der Waals surface area contributed by atoms with Gasteiger partial charge < -0.3 is 4.74 Å². The minimum absolute atomic E-state index is 0.0286. The van der Waals surface area contributed by atoms with Crippen molar-refractivity contribution in [2.75, 3.05) is 6.61 Å². The number of allylic oxidation sites excluding steroid dienone is 1. The molecule has 0 aromatic heterocycles. The molecule has 3 aromatic rings. The van der Waals surface area contributed by atoms with Crippen molar-refractivity contribution < 1.29 is 26.7 Å².